The Morgan fingerprint density at radius 2 is 1.88 bits per heavy atom. The van der Waals surface area contributed by atoms with Crippen molar-refractivity contribution in [3.05, 3.63) is 0 Å². The third kappa shape index (κ3) is 4.20. The van der Waals surface area contributed by atoms with Crippen molar-refractivity contribution < 1.29 is 14.7 Å². The first-order valence-corrected chi connectivity index (χ1v) is 8.71. The van der Waals surface area contributed by atoms with Crippen molar-refractivity contribution in [1.29, 1.82) is 5.26 Å². The van der Waals surface area contributed by atoms with Crippen molar-refractivity contribution in [3.8, 4) is 6.07 Å². The van der Waals surface area contributed by atoms with Crippen molar-refractivity contribution in [2.75, 3.05) is 13.1 Å². The fourth-order valence-corrected chi connectivity index (χ4v) is 4.85. The fourth-order valence-electron chi connectivity index (χ4n) is 4.85. The third-order valence-corrected chi connectivity index (χ3v) is 5.84. The van der Waals surface area contributed by atoms with Crippen LogP contribution in [0.2, 0.25) is 0 Å². The van der Waals surface area contributed by atoms with Crippen LogP contribution in [-0.2, 0) is 9.59 Å². The maximum absolute atomic E-state index is 12.2. The van der Waals surface area contributed by atoms with Gasteiger partial charge in [0.05, 0.1) is 12.6 Å². The van der Waals surface area contributed by atoms with E-state index in [1.54, 1.807) is 4.90 Å². The van der Waals surface area contributed by atoms with Gasteiger partial charge in [0.1, 0.15) is 6.04 Å². The number of nitrogens with zero attached hydrogens (tertiary/aromatic N) is 2. The SMILES string of the molecule is Cl.N#CC1CCCN1C(=O)CNC1CC2CC(CC(=O)O)CC2C1. The molecule has 0 bridgehead atoms. The minimum absolute atomic E-state index is 0. The Balaban J connectivity index is 0.00000208. The first kappa shape index (κ1) is 19.0. The van der Waals surface area contributed by atoms with Gasteiger partial charge in [0.2, 0.25) is 5.91 Å². The van der Waals surface area contributed by atoms with Crippen LogP contribution in [0.4, 0.5) is 0 Å². The second-order valence-electron chi connectivity index (χ2n) is 7.38. The number of hydrogen-bond acceptors (Lipinski definition) is 4. The van der Waals surface area contributed by atoms with E-state index in [-0.39, 0.29) is 24.4 Å². The molecule has 1 aliphatic heterocycles. The molecule has 0 spiro atoms. The van der Waals surface area contributed by atoms with Crippen molar-refractivity contribution in [2.45, 2.75) is 57.0 Å². The molecule has 3 atom stereocenters. The minimum atomic E-state index is -0.687. The van der Waals surface area contributed by atoms with Gasteiger partial charge in [-0.1, -0.05) is 0 Å². The van der Waals surface area contributed by atoms with Gasteiger partial charge in [-0.3, -0.25) is 9.59 Å². The molecule has 1 heterocycles. The highest BCUT2D eigenvalue weighted by Crippen LogP contribution is 2.47. The van der Waals surface area contributed by atoms with Gasteiger partial charge in [0.15, 0.2) is 0 Å². The average Bonchev–Trinajstić information content (AvgIpc) is 3.17. The zero-order valence-electron chi connectivity index (χ0n) is 13.8. The molecule has 2 aliphatic carbocycles. The second-order valence-corrected chi connectivity index (χ2v) is 7.38. The van der Waals surface area contributed by atoms with Crippen molar-refractivity contribution >= 4 is 24.3 Å². The van der Waals surface area contributed by atoms with Crippen LogP contribution in [-0.4, -0.2) is 47.1 Å². The quantitative estimate of drug-likeness (QED) is 0.784. The molecule has 134 valence electrons. The Labute approximate surface area is 149 Å². The van der Waals surface area contributed by atoms with Crippen molar-refractivity contribution in [3.63, 3.8) is 0 Å². The summed E-state index contributed by atoms with van der Waals surface area (Å²) in [5, 5.41) is 21.3. The molecule has 1 amide bonds. The van der Waals surface area contributed by atoms with Crippen LogP contribution in [0.15, 0.2) is 0 Å². The van der Waals surface area contributed by atoms with Gasteiger partial charge < -0.3 is 15.3 Å². The molecule has 0 aromatic rings. The number of hydrogen-bond donors (Lipinski definition) is 2. The highest BCUT2D eigenvalue weighted by Gasteiger charge is 2.42. The monoisotopic (exact) mass is 355 g/mol. The van der Waals surface area contributed by atoms with E-state index >= 15 is 0 Å². The van der Waals surface area contributed by atoms with Gasteiger partial charge >= 0.3 is 5.97 Å². The lowest BCUT2D eigenvalue weighted by Gasteiger charge is -2.21. The van der Waals surface area contributed by atoms with Gasteiger partial charge in [-0.15, -0.1) is 12.4 Å². The molecule has 3 unspecified atom stereocenters. The topological polar surface area (TPSA) is 93.4 Å². The molecule has 2 N–H and O–H groups in total. The Hall–Kier alpha value is -1.32. The summed E-state index contributed by atoms with van der Waals surface area (Å²) in [4.78, 5) is 24.8. The lowest BCUT2D eigenvalue weighted by atomic mass is 9.99. The van der Waals surface area contributed by atoms with Crippen molar-refractivity contribution in [2.24, 2.45) is 17.8 Å². The van der Waals surface area contributed by atoms with Crippen LogP contribution in [0.1, 0.15) is 44.9 Å². The summed E-state index contributed by atoms with van der Waals surface area (Å²) >= 11 is 0. The summed E-state index contributed by atoms with van der Waals surface area (Å²) in [7, 11) is 0. The van der Waals surface area contributed by atoms with Gasteiger partial charge in [0.25, 0.3) is 0 Å². The van der Waals surface area contributed by atoms with E-state index < -0.39 is 5.97 Å². The zero-order chi connectivity index (χ0) is 16.4. The molecule has 6 nitrogen and oxygen atoms in total. The summed E-state index contributed by atoms with van der Waals surface area (Å²) in [6.07, 6.45) is 6.15. The fraction of sp³-hybridized carbons (Fsp3) is 0.824. The van der Waals surface area contributed by atoms with Crippen LogP contribution < -0.4 is 5.32 Å². The minimum Gasteiger partial charge on any atom is -0.481 e. The van der Waals surface area contributed by atoms with Gasteiger partial charge in [-0.2, -0.15) is 5.26 Å². The number of carbonyl (C=O) groups excluding carboxylic acids is 1. The molecule has 0 aromatic heterocycles. The summed E-state index contributed by atoms with van der Waals surface area (Å²) in [5.41, 5.74) is 0. The second kappa shape index (κ2) is 8.17. The molecular formula is C17H26ClN3O3. The van der Waals surface area contributed by atoms with Crippen LogP contribution in [0.3, 0.4) is 0 Å². The van der Waals surface area contributed by atoms with Gasteiger partial charge in [-0.05, 0) is 56.3 Å². The van der Waals surface area contributed by atoms with E-state index in [4.69, 9.17) is 10.4 Å². The molecule has 0 aromatic carbocycles. The number of carboxylic acid groups (broad SMARTS) is 1. The number of amides is 1. The number of halogens is 1. The summed E-state index contributed by atoms with van der Waals surface area (Å²) in [6.45, 7) is 1.02. The summed E-state index contributed by atoms with van der Waals surface area (Å²) in [6, 6.07) is 2.32. The number of nitriles is 1. The molecule has 1 saturated heterocycles. The number of aliphatic carboxylic acids is 1. The standard InChI is InChI=1S/C17H25N3O3.ClH/c18-9-15-2-1-3-20(15)16(21)10-19-14-7-12-4-11(6-17(22)23)5-13(12)8-14;/h11-15,19H,1-8,10H2,(H,22,23);1H. The highest BCUT2D eigenvalue weighted by atomic mass is 35.5. The Morgan fingerprint density at radius 1 is 1.21 bits per heavy atom. The van der Waals surface area contributed by atoms with E-state index in [1.165, 1.54) is 0 Å². The number of fused-ring (bicyclic) bond motifs is 1. The largest absolute Gasteiger partial charge is 0.481 e. The van der Waals surface area contributed by atoms with E-state index in [2.05, 4.69) is 11.4 Å². The predicted molar refractivity (Wildman–Crippen MR) is 90.6 cm³/mol. The van der Waals surface area contributed by atoms with Crippen LogP contribution >= 0.6 is 12.4 Å². The first-order chi connectivity index (χ1) is 11.1. The molecule has 3 fully saturated rings. The van der Waals surface area contributed by atoms with Crippen LogP contribution in [0.5, 0.6) is 0 Å². The van der Waals surface area contributed by atoms with Gasteiger partial charge in [-0.25, -0.2) is 0 Å². The maximum atomic E-state index is 12.2. The molecule has 2 saturated carbocycles. The number of carbonyl (C=O) groups is 2. The molecule has 3 aliphatic rings. The number of nitrogens with one attached hydrogen (secondary N) is 1. The lowest BCUT2D eigenvalue weighted by molar-refractivity contribution is -0.138. The molecule has 7 heteroatoms. The lowest BCUT2D eigenvalue weighted by Crippen LogP contribution is -2.43. The number of carboxylic acids is 1. The summed E-state index contributed by atoms with van der Waals surface area (Å²) in [5.74, 6) is 0.921. The predicted octanol–water partition coefficient (Wildman–Crippen LogP) is 1.79. The molecule has 0 radical (unpaired) electrons. The van der Waals surface area contributed by atoms with E-state index in [9.17, 15) is 9.59 Å². The third-order valence-electron chi connectivity index (χ3n) is 5.84. The molecular weight excluding hydrogens is 330 g/mol. The Kier molecular flexibility index (Phi) is 6.47. The molecule has 24 heavy (non-hydrogen) atoms. The highest BCUT2D eigenvalue weighted by molar-refractivity contribution is 5.85. The van der Waals surface area contributed by atoms with Crippen molar-refractivity contribution in [1.82, 2.24) is 10.2 Å². The summed E-state index contributed by atoms with van der Waals surface area (Å²) < 4.78 is 0. The Morgan fingerprint density at radius 3 is 2.46 bits per heavy atom. The average molecular weight is 356 g/mol. The Bertz CT molecular complexity index is 508. The molecule has 3 rings (SSSR count). The number of likely N-dealkylation sites (tertiary alicyclic amines) is 1. The number of rotatable bonds is 5. The maximum Gasteiger partial charge on any atom is 0.303 e. The normalized spacial score (nSPS) is 34.5. The zero-order valence-corrected chi connectivity index (χ0v) is 14.6. The van der Waals surface area contributed by atoms with E-state index in [0.717, 1.165) is 38.5 Å². The van der Waals surface area contributed by atoms with Crippen LogP contribution in [0.25, 0.3) is 0 Å². The van der Waals surface area contributed by atoms with E-state index in [1.807, 2.05) is 0 Å². The van der Waals surface area contributed by atoms with E-state index in [0.29, 0.717) is 43.3 Å². The first-order valence-electron chi connectivity index (χ1n) is 8.71. The van der Waals surface area contributed by atoms with Gasteiger partial charge in [0, 0.05) is 19.0 Å². The smallest absolute Gasteiger partial charge is 0.303 e. The van der Waals surface area contributed by atoms with Crippen LogP contribution in [0, 0.1) is 29.1 Å².